The fourth-order valence-electron chi connectivity index (χ4n) is 8.02. The van der Waals surface area contributed by atoms with Crippen LogP contribution in [0.5, 0.6) is 0 Å². The van der Waals surface area contributed by atoms with E-state index in [-0.39, 0.29) is 10.8 Å². The molecule has 0 radical (unpaired) electrons. The van der Waals surface area contributed by atoms with Crippen molar-refractivity contribution < 1.29 is 4.79 Å². The number of ketones is 1. The van der Waals surface area contributed by atoms with E-state index in [0.29, 0.717) is 0 Å². The predicted molar refractivity (Wildman–Crippen MR) is 114 cm³/mol. The van der Waals surface area contributed by atoms with Gasteiger partial charge in [0, 0.05) is 10.8 Å². The Balaban J connectivity index is 1.25. The van der Waals surface area contributed by atoms with Crippen molar-refractivity contribution in [2.75, 3.05) is 0 Å². The number of hydrogen-bond donors (Lipinski definition) is 0. The molecule has 0 aromatic rings. The Labute approximate surface area is 168 Å². The highest BCUT2D eigenvalue weighted by atomic mass is 16.1. The number of hydrogen-bond acceptors (Lipinski definition) is 1. The van der Waals surface area contributed by atoms with Gasteiger partial charge in [-0.25, -0.2) is 0 Å². The van der Waals surface area contributed by atoms with E-state index >= 15 is 0 Å². The average molecular weight is 373 g/mol. The quantitative estimate of drug-likeness (QED) is 0.483. The second-order valence-electron chi connectivity index (χ2n) is 11.2. The summed E-state index contributed by atoms with van der Waals surface area (Å²) in [5.41, 5.74) is 0.294. The third-order valence-corrected chi connectivity index (χ3v) is 9.64. The number of Topliss-reactive ketones (excluding diaryl/α,β-unsaturated/α-hetero) is 1. The first-order valence-corrected chi connectivity index (χ1v) is 12.7. The van der Waals surface area contributed by atoms with Gasteiger partial charge < -0.3 is 0 Å². The van der Waals surface area contributed by atoms with Crippen LogP contribution in [0.1, 0.15) is 123 Å². The Kier molecular flexibility index (Phi) is 6.06. The molecule has 0 saturated heterocycles. The summed E-state index contributed by atoms with van der Waals surface area (Å²) in [6.07, 6.45) is 23.1. The lowest BCUT2D eigenvalue weighted by atomic mass is 9.43. The zero-order chi connectivity index (χ0) is 18.9. The minimum absolute atomic E-state index is 0.146. The van der Waals surface area contributed by atoms with Gasteiger partial charge in [-0.2, -0.15) is 0 Å². The van der Waals surface area contributed by atoms with Crippen LogP contribution in [-0.4, -0.2) is 5.78 Å². The molecule has 4 aliphatic rings. The van der Waals surface area contributed by atoms with Crippen molar-refractivity contribution >= 4 is 5.78 Å². The fraction of sp³-hybridized carbons (Fsp3) is 0.962. The average Bonchev–Trinajstić information content (AvgIpc) is 2.71. The molecule has 0 aliphatic heterocycles. The summed E-state index contributed by atoms with van der Waals surface area (Å²) in [7, 11) is 0. The zero-order valence-electron chi connectivity index (χ0n) is 18.2. The first-order valence-electron chi connectivity index (χ1n) is 12.7. The molecule has 0 heterocycles. The van der Waals surface area contributed by atoms with Crippen LogP contribution >= 0.6 is 0 Å². The first kappa shape index (κ1) is 20.0. The Bertz CT molecular complexity index is 496. The van der Waals surface area contributed by atoms with Crippen molar-refractivity contribution in [2.24, 2.45) is 34.5 Å². The largest absolute Gasteiger partial charge is 0.298 e. The molecule has 4 rings (SSSR count). The van der Waals surface area contributed by atoms with Gasteiger partial charge in [0.15, 0.2) is 0 Å². The van der Waals surface area contributed by atoms with Crippen molar-refractivity contribution in [3.05, 3.63) is 0 Å². The molecule has 2 spiro atoms. The van der Waals surface area contributed by atoms with Crippen molar-refractivity contribution in [1.82, 2.24) is 0 Å². The normalized spacial score (nSPS) is 45.2. The minimum atomic E-state index is 0.146. The lowest BCUT2D eigenvalue weighted by molar-refractivity contribution is -0.169. The molecule has 1 heteroatoms. The monoisotopic (exact) mass is 372 g/mol. The summed E-state index contributed by atoms with van der Waals surface area (Å²) in [6.45, 7) is 4.65. The summed E-state index contributed by atoms with van der Waals surface area (Å²) < 4.78 is 0. The van der Waals surface area contributed by atoms with Crippen molar-refractivity contribution in [2.45, 2.75) is 123 Å². The predicted octanol–water partition coefficient (Wildman–Crippen LogP) is 7.72. The number of carbonyl (C=O) groups excluding carboxylic acids is 1. The van der Waals surface area contributed by atoms with E-state index in [1.165, 1.54) is 109 Å². The van der Waals surface area contributed by atoms with E-state index in [0.717, 1.165) is 29.5 Å². The highest BCUT2D eigenvalue weighted by molar-refractivity contribution is 5.96. The van der Waals surface area contributed by atoms with Crippen LogP contribution in [0.3, 0.4) is 0 Å². The fourth-order valence-corrected chi connectivity index (χ4v) is 8.02. The smallest absolute Gasteiger partial charge is 0.145 e. The second-order valence-corrected chi connectivity index (χ2v) is 11.2. The molecular weight excluding hydrogens is 328 g/mol. The van der Waals surface area contributed by atoms with Crippen LogP contribution in [-0.2, 0) is 4.79 Å². The molecule has 0 atom stereocenters. The standard InChI is InChI=1S/C26H44O/c1-3-5-20-7-9-22(10-8-20)23-13-17-26(18-14-23)19-25(24(26)27)15-11-21(6-4-2)12-16-25/h20-23H,3-19H2,1-2H3/t20?,21?,22?,23-,25-,26-. The van der Waals surface area contributed by atoms with E-state index in [2.05, 4.69) is 13.8 Å². The number of rotatable bonds is 5. The third-order valence-electron chi connectivity index (χ3n) is 9.64. The highest BCUT2D eigenvalue weighted by Crippen LogP contribution is 2.64. The maximum Gasteiger partial charge on any atom is 0.145 e. The molecule has 0 unspecified atom stereocenters. The molecule has 0 aromatic heterocycles. The van der Waals surface area contributed by atoms with Crippen LogP contribution in [0.15, 0.2) is 0 Å². The summed E-state index contributed by atoms with van der Waals surface area (Å²) in [5, 5.41) is 0. The Morgan fingerprint density at radius 3 is 1.59 bits per heavy atom. The maximum absolute atomic E-state index is 13.4. The van der Waals surface area contributed by atoms with Gasteiger partial charge in [-0.15, -0.1) is 0 Å². The second kappa shape index (κ2) is 8.19. The van der Waals surface area contributed by atoms with Gasteiger partial charge in [0.25, 0.3) is 0 Å². The Morgan fingerprint density at radius 2 is 1.11 bits per heavy atom. The molecule has 0 N–H and O–H groups in total. The van der Waals surface area contributed by atoms with E-state index in [9.17, 15) is 4.79 Å². The Hall–Kier alpha value is -0.330. The Morgan fingerprint density at radius 1 is 0.667 bits per heavy atom. The van der Waals surface area contributed by atoms with Gasteiger partial charge in [-0.3, -0.25) is 4.79 Å². The third kappa shape index (κ3) is 3.78. The highest BCUT2D eigenvalue weighted by Gasteiger charge is 2.63. The van der Waals surface area contributed by atoms with E-state index in [4.69, 9.17) is 0 Å². The van der Waals surface area contributed by atoms with Crippen LogP contribution in [0.2, 0.25) is 0 Å². The zero-order valence-corrected chi connectivity index (χ0v) is 18.2. The minimum Gasteiger partial charge on any atom is -0.298 e. The molecular formula is C26H44O. The summed E-state index contributed by atoms with van der Waals surface area (Å²) in [4.78, 5) is 13.4. The molecule has 0 bridgehead atoms. The van der Waals surface area contributed by atoms with Gasteiger partial charge in [0.05, 0.1) is 0 Å². The number of carbonyl (C=O) groups is 1. The SMILES string of the molecule is CCCC1CCC([C@H]2CC[C@]3(CC2)C[C@@]2(CCC(CCC)CC2)C3=O)CC1. The van der Waals surface area contributed by atoms with Crippen molar-refractivity contribution in [1.29, 1.82) is 0 Å². The van der Waals surface area contributed by atoms with Crippen LogP contribution in [0.25, 0.3) is 0 Å². The molecule has 4 saturated carbocycles. The van der Waals surface area contributed by atoms with Crippen LogP contribution in [0.4, 0.5) is 0 Å². The lowest BCUT2D eigenvalue weighted by Crippen LogP contribution is -2.59. The van der Waals surface area contributed by atoms with E-state index in [1.807, 2.05) is 0 Å². The van der Waals surface area contributed by atoms with Gasteiger partial charge in [-0.1, -0.05) is 52.4 Å². The summed E-state index contributed by atoms with van der Waals surface area (Å²) >= 11 is 0. The van der Waals surface area contributed by atoms with Crippen molar-refractivity contribution in [3.8, 4) is 0 Å². The van der Waals surface area contributed by atoms with Crippen LogP contribution < -0.4 is 0 Å². The molecule has 4 fully saturated rings. The van der Waals surface area contributed by atoms with E-state index < -0.39 is 0 Å². The summed E-state index contributed by atoms with van der Waals surface area (Å²) in [6, 6.07) is 0. The van der Waals surface area contributed by atoms with Gasteiger partial charge in [0.1, 0.15) is 5.78 Å². The van der Waals surface area contributed by atoms with Gasteiger partial charge in [0.2, 0.25) is 0 Å². The van der Waals surface area contributed by atoms with Gasteiger partial charge in [-0.05, 0) is 94.3 Å². The van der Waals surface area contributed by atoms with Gasteiger partial charge >= 0.3 is 0 Å². The van der Waals surface area contributed by atoms with Crippen molar-refractivity contribution in [3.63, 3.8) is 0 Å². The van der Waals surface area contributed by atoms with E-state index in [1.54, 1.807) is 0 Å². The molecule has 4 aliphatic carbocycles. The maximum atomic E-state index is 13.4. The first-order chi connectivity index (χ1) is 13.1. The molecule has 1 nitrogen and oxygen atoms in total. The molecule has 27 heavy (non-hydrogen) atoms. The lowest BCUT2D eigenvalue weighted by Gasteiger charge is -2.59. The molecule has 154 valence electrons. The summed E-state index contributed by atoms with van der Waals surface area (Å²) in [5.74, 6) is 4.61. The molecule has 0 amide bonds. The molecule has 0 aromatic carbocycles. The topological polar surface area (TPSA) is 17.1 Å². The van der Waals surface area contributed by atoms with Crippen LogP contribution in [0, 0.1) is 34.5 Å².